The van der Waals surface area contributed by atoms with Gasteiger partial charge in [0.25, 0.3) is 0 Å². The van der Waals surface area contributed by atoms with E-state index in [4.69, 9.17) is 4.74 Å². The van der Waals surface area contributed by atoms with E-state index in [0.717, 1.165) is 18.4 Å². The third-order valence-electron chi connectivity index (χ3n) is 5.58. The first-order valence-electron chi connectivity index (χ1n) is 11.9. The fourth-order valence-corrected chi connectivity index (χ4v) is 5.47. The van der Waals surface area contributed by atoms with Gasteiger partial charge in [0.05, 0.1) is 22.4 Å². The summed E-state index contributed by atoms with van der Waals surface area (Å²) in [4.78, 5) is 16.0. The number of pyridine rings is 1. The zero-order chi connectivity index (χ0) is 25.0. The van der Waals surface area contributed by atoms with Gasteiger partial charge in [0.2, 0.25) is 0 Å². The van der Waals surface area contributed by atoms with Crippen molar-refractivity contribution >= 4 is 15.6 Å². The first-order chi connectivity index (χ1) is 16.8. The molecule has 2 heterocycles. The average molecular weight is 503 g/mol. The summed E-state index contributed by atoms with van der Waals surface area (Å²) in [5.41, 5.74) is 2.72. The number of aromatic nitrogens is 4. The van der Waals surface area contributed by atoms with Crippen molar-refractivity contribution in [3.63, 3.8) is 0 Å². The number of hydrogen-bond acceptors (Lipinski definition) is 6. The molecule has 0 radical (unpaired) electrons. The molecule has 35 heavy (non-hydrogen) atoms. The number of unbranched alkanes of at least 4 members (excludes halogenated alkanes) is 3. The van der Waals surface area contributed by atoms with Gasteiger partial charge in [-0.05, 0) is 49.3 Å². The molecule has 0 unspecified atom stereocenters. The zero-order valence-electron chi connectivity index (χ0n) is 19.9. The average Bonchev–Trinajstić information content (AvgIpc) is 3.28. The Morgan fingerprint density at radius 2 is 1.69 bits per heavy atom. The largest absolute Gasteiger partial charge is 0.459 e. The number of carbonyl (C=O) groups excluding carboxylic acids is 1. The second kappa shape index (κ2) is 12.7. The Morgan fingerprint density at radius 3 is 2.43 bits per heavy atom. The standard InChI is InChI=1S/C25H34N4O5S/c30-25(34-21-24-20-29(28-27-24)19-23-13-9-15-26-18-23)14-5-2-7-16-35(31,32,33)17-8-6-12-22-10-3-1-4-11-22/h1,3-4,9-11,13,15,18,20H,2,5-8,12,14,16-17,19,21H2,(H2,31,32,33). The maximum Gasteiger partial charge on any atom is 0.306 e. The Morgan fingerprint density at radius 1 is 0.943 bits per heavy atom. The van der Waals surface area contributed by atoms with E-state index in [1.165, 1.54) is 5.56 Å². The fourth-order valence-electron chi connectivity index (χ4n) is 3.69. The summed E-state index contributed by atoms with van der Waals surface area (Å²) >= 11 is 0. The topological polar surface area (TPSA) is 127 Å². The molecule has 2 aromatic heterocycles. The SMILES string of the molecule is O=C(CCCCCS(=O)(O)(O)CCCCc1ccccc1)OCc1cn(Cc2cccnc2)nn1. The molecule has 0 atom stereocenters. The van der Waals surface area contributed by atoms with Crippen LogP contribution in [0.5, 0.6) is 0 Å². The number of esters is 1. The molecule has 190 valence electrons. The van der Waals surface area contributed by atoms with Crippen LogP contribution in [-0.2, 0) is 38.7 Å². The molecule has 10 heteroatoms. The van der Waals surface area contributed by atoms with Crippen molar-refractivity contribution in [1.82, 2.24) is 20.0 Å². The van der Waals surface area contributed by atoms with Crippen molar-refractivity contribution in [3.05, 3.63) is 77.9 Å². The van der Waals surface area contributed by atoms with E-state index in [2.05, 4.69) is 15.3 Å². The van der Waals surface area contributed by atoms with Crippen LogP contribution < -0.4 is 0 Å². The van der Waals surface area contributed by atoms with Crippen LogP contribution in [0, 0.1) is 0 Å². The van der Waals surface area contributed by atoms with Gasteiger partial charge in [0.15, 0.2) is 0 Å². The molecule has 0 aliphatic carbocycles. The fraction of sp³-hybridized carbons (Fsp3) is 0.440. The summed E-state index contributed by atoms with van der Waals surface area (Å²) in [5.74, 6) is -0.649. The molecule has 9 nitrogen and oxygen atoms in total. The number of carbonyl (C=O) groups is 1. The predicted octanol–water partition coefficient (Wildman–Crippen LogP) is 4.11. The maximum absolute atomic E-state index is 12.5. The highest BCUT2D eigenvalue weighted by Gasteiger charge is 2.28. The smallest absolute Gasteiger partial charge is 0.306 e. The summed E-state index contributed by atoms with van der Waals surface area (Å²) in [5, 5.41) is 8.03. The molecule has 0 bridgehead atoms. The highest BCUT2D eigenvalue weighted by Crippen LogP contribution is 2.22. The molecule has 2 N–H and O–H groups in total. The highest BCUT2D eigenvalue weighted by molar-refractivity contribution is 8.10. The summed E-state index contributed by atoms with van der Waals surface area (Å²) in [7, 11) is -4.60. The van der Waals surface area contributed by atoms with Crippen molar-refractivity contribution in [2.45, 2.75) is 58.1 Å². The van der Waals surface area contributed by atoms with Gasteiger partial charge in [0, 0.05) is 30.3 Å². The number of aryl methyl sites for hydroxylation is 1. The van der Waals surface area contributed by atoms with Crippen molar-refractivity contribution in [2.75, 3.05) is 11.5 Å². The first-order valence-corrected chi connectivity index (χ1v) is 14.1. The Balaban J connectivity index is 1.26. The Kier molecular flexibility index (Phi) is 9.64. The predicted molar refractivity (Wildman–Crippen MR) is 134 cm³/mol. The number of hydrogen-bond donors (Lipinski definition) is 2. The summed E-state index contributed by atoms with van der Waals surface area (Å²) in [6.07, 6.45) is 8.84. The highest BCUT2D eigenvalue weighted by atomic mass is 32.3. The maximum atomic E-state index is 12.5. The van der Waals surface area contributed by atoms with E-state index < -0.39 is 9.63 Å². The lowest BCUT2D eigenvalue weighted by Crippen LogP contribution is -2.38. The normalized spacial score (nSPS) is 12.7. The van der Waals surface area contributed by atoms with Gasteiger partial charge in [-0.2, -0.15) is 0 Å². The lowest BCUT2D eigenvalue weighted by molar-refractivity contribution is -0.145. The summed E-state index contributed by atoms with van der Waals surface area (Å²) in [6, 6.07) is 13.7. The number of rotatable bonds is 15. The van der Waals surface area contributed by atoms with E-state index in [1.807, 2.05) is 42.5 Å². The van der Waals surface area contributed by atoms with Crippen molar-refractivity contribution in [3.8, 4) is 0 Å². The van der Waals surface area contributed by atoms with Gasteiger partial charge < -0.3 is 13.8 Å². The molecular weight excluding hydrogens is 468 g/mol. The molecule has 0 amide bonds. The quantitative estimate of drug-likeness (QED) is 0.235. The zero-order valence-corrected chi connectivity index (χ0v) is 20.7. The van der Waals surface area contributed by atoms with Gasteiger partial charge in [-0.3, -0.25) is 9.78 Å². The number of nitrogens with zero attached hydrogens (tertiary/aromatic N) is 4. The molecule has 0 aliphatic heterocycles. The van der Waals surface area contributed by atoms with Crippen LogP contribution in [0.15, 0.2) is 61.1 Å². The van der Waals surface area contributed by atoms with Crippen molar-refractivity contribution in [2.24, 2.45) is 0 Å². The Labute approximate surface area is 206 Å². The molecule has 0 saturated carbocycles. The summed E-state index contributed by atoms with van der Waals surface area (Å²) in [6.45, 7) is 0.569. The Bertz CT molecular complexity index is 1120. The van der Waals surface area contributed by atoms with Crippen LogP contribution in [0.1, 0.15) is 55.3 Å². The molecule has 0 saturated heterocycles. The van der Waals surface area contributed by atoms with Gasteiger partial charge in [0.1, 0.15) is 12.3 Å². The number of benzene rings is 1. The first kappa shape index (κ1) is 26.7. The minimum atomic E-state index is -4.60. The third-order valence-corrected chi connectivity index (χ3v) is 7.80. The minimum Gasteiger partial charge on any atom is -0.459 e. The van der Waals surface area contributed by atoms with Gasteiger partial charge in [-0.25, -0.2) is 8.89 Å². The second-order valence-corrected chi connectivity index (χ2v) is 12.0. The van der Waals surface area contributed by atoms with E-state index in [1.54, 1.807) is 23.3 Å². The molecular formula is C25H34N4O5S. The molecule has 3 rings (SSSR count). The lowest BCUT2D eigenvalue weighted by atomic mass is 10.1. The van der Waals surface area contributed by atoms with Crippen molar-refractivity contribution < 1.29 is 22.8 Å². The monoisotopic (exact) mass is 502 g/mol. The molecule has 0 spiro atoms. The molecule has 1 aromatic carbocycles. The summed E-state index contributed by atoms with van der Waals surface area (Å²) < 4.78 is 39.7. The van der Waals surface area contributed by atoms with E-state index in [9.17, 15) is 18.1 Å². The number of ether oxygens (including phenoxy) is 1. The van der Waals surface area contributed by atoms with Gasteiger partial charge >= 0.3 is 5.97 Å². The van der Waals surface area contributed by atoms with Crippen LogP contribution in [0.25, 0.3) is 0 Å². The minimum absolute atomic E-state index is 0.0399. The van der Waals surface area contributed by atoms with Crippen LogP contribution in [0.4, 0.5) is 0 Å². The van der Waals surface area contributed by atoms with E-state index in [-0.39, 0.29) is 30.5 Å². The molecule has 3 aromatic rings. The van der Waals surface area contributed by atoms with E-state index in [0.29, 0.717) is 37.9 Å². The molecule has 0 aliphatic rings. The van der Waals surface area contributed by atoms with Gasteiger partial charge in [-0.1, -0.05) is 48.0 Å². The van der Waals surface area contributed by atoms with Crippen LogP contribution in [-0.4, -0.2) is 50.8 Å². The van der Waals surface area contributed by atoms with E-state index >= 15 is 0 Å². The van der Waals surface area contributed by atoms with Crippen LogP contribution in [0.3, 0.4) is 0 Å². The second-order valence-electron chi connectivity index (χ2n) is 8.78. The Hall–Kier alpha value is -2.95. The van der Waals surface area contributed by atoms with Crippen molar-refractivity contribution in [1.29, 1.82) is 0 Å². The van der Waals surface area contributed by atoms with Crippen LogP contribution in [0.2, 0.25) is 0 Å². The lowest BCUT2D eigenvalue weighted by Gasteiger charge is -2.30. The molecule has 0 fully saturated rings. The third kappa shape index (κ3) is 10.5. The van der Waals surface area contributed by atoms with Gasteiger partial charge in [-0.15, -0.1) is 5.10 Å². The van der Waals surface area contributed by atoms with Crippen LogP contribution >= 0.6 is 0 Å².